The summed E-state index contributed by atoms with van der Waals surface area (Å²) in [7, 11) is 0. The molecule has 3 N–H and O–H groups in total. The molecule has 5 nitrogen and oxygen atoms in total. The Hall–Kier alpha value is -1.58. The van der Waals surface area contributed by atoms with Gasteiger partial charge in [-0.05, 0) is 35.3 Å². The molecule has 0 bridgehead atoms. The average Bonchev–Trinajstić information content (AvgIpc) is 2.36. The molecule has 0 amide bonds. The van der Waals surface area contributed by atoms with Gasteiger partial charge in [-0.2, -0.15) is 17.6 Å². The summed E-state index contributed by atoms with van der Waals surface area (Å²) < 4.78 is 53.3. The summed E-state index contributed by atoms with van der Waals surface area (Å²) in [5, 5.41) is 0.0612. The van der Waals surface area contributed by atoms with E-state index in [-0.39, 0.29) is 11.0 Å². The zero-order valence-corrected chi connectivity index (χ0v) is 11.8. The molecule has 0 aliphatic rings. The van der Waals surface area contributed by atoms with Crippen LogP contribution >= 0.6 is 23.2 Å². The second-order valence-corrected chi connectivity index (χ2v) is 5.32. The highest BCUT2D eigenvalue weighted by Crippen LogP contribution is 2.52. The maximum atomic E-state index is 13.3. The predicted molar refractivity (Wildman–Crippen MR) is 70.7 cm³/mol. The van der Waals surface area contributed by atoms with Crippen LogP contribution in [0.1, 0.15) is 5.56 Å². The molecule has 2 aromatic rings. The van der Waals surface area contributed by atoms with Gasteiger partial charge in [-0.3, -0.25) is 9.59 Å². The smallest absolute Gasteiger partial charge is 0.361 e. The van der Waals surface area contributed by atoms with Gasteiger partial charge in [0, 0.05) is 5.56 Å². The van der Waals surface area contributed by atoms with Crippen LogP contribution in [0.3, 0.4) is 0 Å². The van der Waals surface area contributed by atoms with E-state index in [2.05, 4.69) is 28.2 Å². The van der Waals surface area contributed by atoms with Gasteiger partial charge in [-0.25, -0.2) is 0 Å². The van der Waals surface area contributed by atoms with Crippen molar-refractivity contribution in [3.8, 4) is 0 Å². The van der Waals surface area contributed by atoms with Crippen LogP contribution < -0.4 is 11.1 Å². The number of aliphatic hydroxyl groups is 1. The minimum Gasteiger partial charge on any atom is -0.372 e. The van der Waals surface area contributed by atoms with Crippen molar-refractivity contribution in [3.05, 3.63) is 44.5 Å². The van der Waals surface area contributed by atoms with Crippen LogP contribution in [-0.4, -0.2) is 25.8 Å². The molecule has 0 aliphatic heterocycles. The van der Waals surface area contributed by atoms with E-state index in [0.717, 1.165) is 6.07 Å². The fourth-order valence-electron chi connectivity index (χ4n) is 1.83. The van der Waals surface area contributed by atoms with E-state index in [1.807, 2.05) is 4.98 Å². The minimum atomic E-state index is -4.82. The van der Waals surface area contributed by atoms with Gasteiger partial charge in [0.05, 0.1) is 11.0 Å². The fourth-order valence-corrected chi connectivity index (χ4v) is 2.33. The number of hydrogen-bond donors (Lipinski definition) is 3. The molecule has 22 heavy (non-hydrogen) atoms. The predicted octanol–water partition coefficient (Wildman–Crippen LogP) is 2.07. The van der Waals surface area contributed by atoms with Crippen molar-refractivity contribution >= 4 is 34.2 Å². The Morgan fingerprint density at radius 1 is 0.909 bits per heavy atom. The van der Waals surface area contributed by atoms with Crippen molar-refractivity contribution in [3.63, 3.8) is 0 Å². The average molecular weight is 361 g/mol. The molecular weight excluding hydrogens is 355 g/mol. The topological polar surface area (TPSA) is 85.9 Å². The number of aromatic amines is 2. The SMILES string of the molecule is O=c1[nH]c2ccc(C(O)(C(F)(F)Cl)C(F)(F)Cl)cc2[nH]c1=O. The molecule has 0 radical (unpaired) electrons. The van der Waals surface area contributed by atoms with Crippen molar-refractivity contribution in [1.82, 2.24) is 9.97 Å². The lowest BCUT2D eigenvalue weighted by molar-refractivity contribution is -0.224. The molecule has 0 fully saturated rings. The van der Waals surface area contributed by atoms with Crippen LogP contribution in [0.25, 0.3) is 11.0 Å². The Kier molecular flexibility index (Phi) is 3.79. The van der Waals surface area contributed by atoms with Gasteiger partial charge in [0.2, 0.25) is 5.60 Å². The molecular formula is C11H6Cl2F4N2O3. The third-order valence-electron chi connectivity index (χ3n) is 2.96. The third-order valence-corrected chi connectivity index (χ3v) is 3.51. The summed E-state index contributed by atoms with van der Waals surface area (Å²) in [5.74, 6) is 0. The number of nitrogens with one attached hydrogen (secondary N) is 2. The minimum absolute atomic E-state index is 0.0357. The third kappa shape index (κ3) is 2.49. The maximum absolute atomic E-state index is 13.3. The summed E-state index contributed by atoms with van der Waals surface area (Å²) in [4.78, 5) is 26.4. The highest BCUT2D eigenvalue weighted by molar-refractivity contribution is 6.26. The van der Waals surface area contributed by atoms with Crippen LogP contribution in [0.4, 0.5) is 17.6 Å². The van der Waals surface area contributed by atoms with Gasteiger partial charge in [0.1, 0.15) is 0 Å². The van der Waals surface area contributed by atoms with Crippen LogP contribution in [-0.2, 0) is 5.60 Å². The largest absolute Gasteiger partial charge is 0.372 e. The van der Waals surface area contributed by atoms with E-state index in [4.69, 9.17) is 0 Å². The first-order chi connectivity index (χ1) is 9.88. The first kappa shape index (κ1) is 16.8. The van der Waals surface area contributed by atoms with Gasteiger partial charge in [-0.15, -0.1) is 0 Å². The van der Waals surface area contributed by atoms with Gasteiger partial charge >= 0.3 is 21.9 Å². The first-order valence-electron chi connectivity index (χ1n) is 5.50. The monoisotopic (exact) mass is 360 g/mol. The molecule has 1 aromatic carbocycles. The van der Waals surface area contributed by atoms with Gasteiger partial charge < -0.3 is 15.1 Å². The van der Waals surface area contributed by atoms with Crippen LogP contribution in [0.5, 0.6) is 0 Å². The number of H-pyrrole nitrogens is 2. The molecule has 120 valence electrons. The van der Waals surface area contributed by atoms with Crippen LogP contribution in [0.2, 0.25) is 0 Å². The summed E-state index contributed by atoms with van der Waals surface area (Å²) in [6, 6.07) is 2.21. The Morgan fingerprint density at radius 3 is 1.82 bits per heavy atom. The van der Waals surface area contributed by atoms with E-state index >= 15 is 0 Å². The van der Waals surface area contributed by atoms with E-state index < -0.39 is 33.0 Å². The quantitative estimate of drug-likeness (QED) is 0.445. The van der Waals surface area contributed by atoms with Crippen molar-refractivity contribution < 1.29 is 22.7 Å². The molecule has 1 heterocycles. The number of hydrogen-bond acceptors (Lipinski definition) is 3. The lowest BCUT2D eigenvalue weighted by atomic mass is 9.93. The normalized spacial score (nSPS) is 13.6. The summed E-state index contributed by atoms with van der Waals surface area (Å²) >= 11 is 9.18. The Morgan fingerprint density at radius 2 is 1.36 bits per heavy atom. The molecule has 0 saturated heterocycles. The number of halogens is 6. The van der Waals surface area contributed by atoms with E-state index in [0.29, 0.717) is 12.1 Å². The highest BCUT2D eigenvalue weighted by Gasteiger charge is 2.68. The Balaban J connectivity index is 2.79. The second kappa shape index (κ2) is 4.97. The molecule has 0 aliphatic carbocycles. The fraction of sp³-hybridized carbons (Fsp3) is 0.273. The zero-order chi connectivity index (χ0) is 16.9. The number of fused-ring (bicyclic) bond motifs is 1. The van der Waals surface area contributed by atoms with Crippen LogP contribution in [0, 0.1) is 0 Å². The van der Waals surface area contributed by atoms with Crippen molar-refractivity contribution in [2.24, 2.45) is 0 Å². The Bertz CT molecular complexity index is 824. The zero-order valence-electron chi connectivity index (χ0n) is 10.3. The summed E-state index contributed by atoms with van der Waals surface area (Å²) in [6.45, 7) is 0. The van der Waals surface area contributed by atoms with E-state index in [1.54, 1.807) is 0 Å². The van der Waals surface area contributed by atoms with Gasteiger partial charge in [0.15, 0.2) is 0 Å². The molecule has 0 spiro atoms. The molecule has 0 atom stereocenters. The van der Waals surface area contributed by atoms with Gasteiger partial charge in [-0.1, -0.05) is 6.07 Å². The van der Waals surface area contributed by atoms with E-state index in [9.17, 15) is 32.3 Å². The molecule has 0 saturated carbocycles. The summed E-state index contributed by atoms with van der Waals surface area (Å²) in [6.07, 6.45) is 0. The lowest BCUT2D eigenvalue weighted by Crippen LogP contribution is -2.52. The summed E-state index contributed by atoms with van der Waals surface area (Å²) in [5.41, 5.74) is -7.77. The number of alkyl halides is 6. The lowest BCUT2D eigenvalue weighted by Gasteiger charge is -2.35. The second-order valence-electron chi connectivity index (χ2n) is 4.37. The van der Waals surface area contributed by atoms with Crippen molar-refractivity contribution in [2.75, 3.05) is 0 Å². The first-order valence-corrected chi connectivity index (χ1v) is 6.26. The molecule has 1 aromatic heterocycles. The van der Waals surface area contributed by atoms with Crippen molar-refractivity contribution in [1.29, 1.82) is 0 Å². The van der Waals surface area contributed by atoms with E-state index in [1.165, 1.54) is 0 Å². The van der Waals surface area contributed by atoms with Gasteiger partial charge in [0.25, 0.3) is 0 Å². The van der Waals surface area contributed by atoms with Crippen LogP contribution in [0.15, 0.2) is 27.8 Å². The number of benzene rings is 1. The number of aromatic nitrogens is 2. The maximum Gasteiger partial charge on any atom is 0.361 e. The Labute approximate surface area is 128 Å². The molecule has 11 heteroatoms. The highest BCUT2D eigenvalue weighted by atomic mass is 35.5. The molecule has 2 rings (SSSR count). The standard InChI is InChI=1S/C11H6Cl2F4N2O3/c12-10(14,15)9(22,11(13,16)17)4-1-2-5-6(3-4)19-8(21)7(20)18-5/h1-3,22H,(H,18,20)(H,19,21). The molecule has 0 unspecified atom stereocenters. The number of rotatable bonds is 3. The van der Waals surface area contributed by atoms with Crippen molar-refractivity contribution in [2.45, 2.75) is 16.4 Å².